The fourth-order valence-electron chi connectivity index (χ4n) is 4.51. The first-order valence-electron chi connectivity index (χ1n) is 13.4. The van der Waals surface area contributed by atoms with E-state index in [0.29, 0.717) is 56.6 Å². The summed E-state index contributed by atoms with van der Waals surface area (Å²) in [5, 5.41) is 0. The number of benzene rings is 2. The van der Waals surface area contributed by atoms with Gasteiger partial charge in [0.1, 0.15) is 5.75 Å². The van der Waals surface area contributed by atoms with Crippen LogP contribution in [0.15, 0.2) is 60.3 Å². The SMILES string of the molecule is CCOC(=O)C1=C(C)N=c2s/c(=C/c3cc(Br)cc(Br)c3OCC)c(=O)n2[C@H]1c1ccc(OCC(=O)OC)c(OCC)c1. The van der Waals surface area contributed by atoms with Crippen molar-refractivity contribution in [2.45, 2.75) is 33.7 Å². The predicted molar refractivity (Wildman–Crippen MR) is 169 cm³/mol. The highest BCUT2D eigenvalue weighted by Gasteiger charge is 2.34. The first-order chi connectivity index (χ1) is 20.6. The number of halogens is 2. The number of thiazole rings is 1. The summed E-state index contributed by atoms with van der Waals surface area (Å²) in [6, 6.07) is 7.90. The molecule has 0 unspecified atom stereocenters. The fourth-order valence-corrected chi connectivity index (χ4v) is 6.92. The number of aromatic nitrogens is 1. The third-order valence-corrected chi connectivity index (χ3v) is 8.32. The number of allylic oxidation sites excluding steroid dienone is 1. The van der Waals surface area contributed by atoms with Gasteiger partial charge in [-0.25, -0.2) is 14.6 Å². The van der Waals surface area contributed by atoms with Gasteiger partial charge in [0.25, 0.3) is 5.56 Å². The number of rotatable bonds is 11. The molecule has 4 rings (SSSR count). The van der Waals surface area contributed by atoms with E-state index < -0.39 is 18.0 Å². The molecule has 0 amide bonds. The van der Waals surface area contributed by atoms with E-state index in [0.717, 1.165) is 8.95 Å². The van der Waals surface area contributed by atoms with Gasteiger partial charge < -0.3 is 23.7 Å². The van der Waals surface area contributed by atoms with Crippen molar-refractivity contribution in [3.05, 3.63) is 81.4 Å². The molecule has 0 radical (unpaired) electrons. The number of hydrogen-bond donors (Lipinski definition) is 0. The molecule has 2 aromatic carbocycles. The van der Waals surface area contributed by atoms with E-state index in [1.54, 1.807) is 38.1 Å². The molecule has 228 valence electrons. The Morgan fingerprint density at radius 3 is 2.44 bits per heavy atom. The second-order valence-corrected chi connectivity index (χ2v) is 11.8. The molecule has 1 aliphatic rings. The molecule has 43 heavy (non-hydrogen) atoms. The van der Waals surface area contributed by atoms with Gasteiger partial charge in [-0.3, -0.25) is 9.36 Å². The van der Waals surface area contributed by atoms with Crippen LogP contribution in [-0.2, 0) is 19.1 Å². The van der Waals surface area contributed by atoms with Crippen LogP contribution in [0, 0.1) is 0 Å². The van der Waals surface area contributed by atoms with Gasteiger partial charge in [-0.2, -0.15) is 0 Å². The number of hydrogen-bond acceptors (Lipinski definition) is 10. The van der Waals surface area contributed by atoms with Crippen molar-refractivity contribution in [2.75, 3.05) is 33.5 Å². The van der Waals surface area contributed by atoms with Crippen molar-refractivity contribution < 1.29 is 33.3 Å². The van der Waals surface area contributed by atoms with Gasteiger partial charge in [-0.15, -0.1) is 0 Å². The first kappa shape index (κ1) is 32.5. The van der Waals surface area contributed by atoms with E-state index in [1.165, 1.54) is 23.0 Å². The third kappa shape index (κ3) is 7.05. The Kier molecular flexibility index (Phi) is 10.9. The minimum atomic E-state index is -0.869. The number of nitrogens with zero attached hydrogens (tertiary/aromatic N) is 2. The topological polar surface area (TPSA) is 115 Å². The molecule has 0 spiro atoms. The van der Waals surface area contributed by atoms with E-state index in [4.69, 9.17) is 18.9 Å². The Morgan fingerprint density at radius 1 is 1.02 bits per heavy atom. The molecule has 0 saturated heterocycles. The maximum Gasteiger partial charge on any atom is 0.343 e. The lowest BCUT2D eigenvalue weighted by atomic mass is 9.95. The molecule has 2 heterocycles. The van der Waals surface area contributed by atoms with Crippen molar-refractivity contribution in [1.29, 1.82) is 0 Å². The van der Waals surface area contributed by atoms with E-state index >= 15 is 0 Å². The first-order valence-corrected chi connectivity index (χ1v) is 15.8. The van der Waals surface area contributed by atoms with Crippen LogP contribution in [0.3, 0.4) is 0 Å². The number of esters is 2. The lowest BCUT2D eigenvalue weighted by molar-refractivity contribution is -0.143. The summed E-state index contributed by atoms with van der Waals surface area (Å²) < 4.78 is 30.8. The zero-order chi connectivity index (χ0) is 31.3. The molecule has 0 N–H and O–H groups in total. The van der Waals surface area contributed by atoms with Crippen LogP contribution in [0.25, 0.3) is 6.08 Å². The predicted octanol–water partition coefficient (Wildman–Crippen LogP) is 4.67. The molecule has 10 nitrogen and oxygen atoms in total. The van der Waals surface area contributed by atoms with E-state index in [2.05, 4.69) is 41.6 Å². The molecule has 1 aromatic heterocycles. The zero-order valence-corrected chi connectivity index (χ0v) is 28.2. The molecular weight excluding hydrogens is 708 g/mol. The Labute approximate surface area is 268 Å². The summed E-state index contributed by atoms with van der Waals surface area (Å²) in [4.78, 5) is 44.1. The highest BCUT2D eigenvalue weighted by molar-refractivity contribution is 9.11. The van der Waals surface area contributed by atoms with Crippen LogP contribution in [0.5, 0.6) is 17.2 Å². The van der Waals surface area contributed by atoms with Gasteiger partial charge in [0.15, 0.2) is 22.9 Å². The zero-order valence-electron chi connectivity index (χ0n) is 24.2. The Morgan fingerprint density at radius 2 is 1.77 bits per heavy atom. The average molecular weight is 738 g/mol. The summed E-state index contributed by atoms with van der Waals surface area (Å²) in [5.41, 5.74) is 1.58. The molecule has 0 saturated carbocycles. The Balaban J connectivity index is 1.94. The minimum Gasteiger partial charge on any atom is -0.492 e. The van der Waals surface area contributed by atoms with E-state index in [-0.39, 0.29) is 24.3 Å². The smallest absolute Gasteiger partial charge is 0.343 e. The third-order valence-electron chi connectivity index (χ3n) is 6.29. The van der Waals surface area contributed by atoms with Gasteiger partial charge in [0.05, 0.1) is 53.2 Å². The van der Waals surface area contributed by atoms with E-state index in [9.17, 15) is 14.4 Å². The lowest BCUT2D eigenvalue weighted by Gasteiger charge is -2.25. The van der Waals surface area contributed by atoms with Gasteiger partial charge in [0, 0.05) is 10.0 Å². The maximum absolute atomic E-state index is 14.1. The van der Waals surface area contributed by atoms with Crippen LogP contribution in [0.2, 0.25) is 0 Å². The summed E-state index contributed by atoms with van der Waals surface area (Å²) in [6.07, 6.45) is 1.75. The molecule has 1 atom stereocenters. The summed E-state index contributed by atoms with van der Waals surface area (Å²) in [6.45, 7) is 7.70. The molecule has 0 bridgehead atoms. The molecule has 0 fully saturated rings. The van der Waals surface area contributed by atoms with Crippen LogP contribution >= 0.6 is 43.2 Å². The highest BCUT2D eigenvalue weighted by Crippen LogP contribution is 2.37. The Bertz CT molecular complexity index is 1760. The molecule has 1 aliphatic heterocycles. The van der Waals surface area contributed by atoms with Gasteiger partial charge >= 0.3 is 11.9 Å². The van der Waals surface area contributed by atoms with Crippen molar-refractivity contribution in [2.24, 2.45) is 4.99 Å². The van der Waals surface area contributed by atoms with Crippen molar-refractivity contribution in [3.8, 4) is 17.2 Å². The number of fused-ring (bicyclic) bond motifs is 1. The maximum atomic E-state index is 14.1. The van der Waals surface area contributed by atoms with Crippen LogP contribution in [0.1, 0.15) is 44.9 Å². The van der Waals surface area contributed by atoms with Crippen LogP contribution < -0.4 is 29.1 Å². The van der Waals surface area contributed by atoms with Crippen LogP contribution in [0.4, 0.5) is 0 Å². The second kappa shape index (κ2) is 14.4. The fraction of sp³-hybridized carbons (Fsp3) is 0.333. The minimum absolute atomic E-state index is 0.148. The standard InChI is InChI=1S/C30H30Br2N2O8S/c1-6-39-22-12-17(9-10-21(22)42-15-24(35)38-5)26-25(29(37)41-8-3)16(4)33-30-34(26)28(36)23(43-30)13-18-11-19(31)14-20(32)27(18)40-7-2/h9-14,26H,6-8,15H2,1-5H3/b23-13+/t26-/m0/s1. The highest BCUT2D eigenvalue weighted by atomic mass is 79.9. The summed E-state index contributed by atoms with van der Waals surface area (Å²) in [5.74, 6) is 0.114. The quantitative estimate of drug-likeness (QED) is 0.261. The average Bonchev–Trinajstić information content (AvgIpc) is 3.27. The summed E-state index contributed by atoms with van der Waals surface area (Å²) >= 11 is 8.26. The normalized spacial score (nSPS) is 14.6. The molecule has 0 aliphatic carbocycles. The second-order valence-electron chi connectivity index (χ2n) is 9.05. The van der Waals surface area contributed by atoms with Gasteiger partial charge in [-0.05, 0) is 79.5 Å². The van der Waals surface area contributed by atoms with Crippen LogP contribution in [-0.4, -0.2) is 50.0 Å². The lowest BCUT2D eigenvalue weighted by Crippen LogP contribution is -2.40. The number of ether oxygens (including phenoxy) is 5. The summed E-state index contributed by atoms with van der Waals surface area (Å²) in [7, 11) is 1.27. The van der Waals surface area contributed by atoms with Gasteiger partial charge in [-0.1, -0.05) is 33.3 Å². The Hall–Kier alpha value is -3.42. The van der Waals surface area contributed by atoms with E-state index in [1.807, 2.05) is 26.0 Å². The number of carbonyl (C=O) groups is 2. The van der Waals surface area contributed by atoms with Crippen molar-refractivity contribution in [1.82, 2.24) is 4.57 Å². The monoisotopic (exact) mass is 736 g/mol. The number of methoxy groups -OCH3 is 1. The van der Waals surface area contributed by atoms with Gasteiger partial charge in [0.2, 0.25) is 0 Å². The molecule has 13 heteroatoms. The largest absolute Gasteiger partial charge is 0.492 e. The molecular formula is C30H30Br2N2O8S. The van der Waals surface area contributed by atoms with Crippen molar-refractivity contribution >= 4 is 61.2 Å². The molecule has 3 aromatic rings. The van der Waals surface area contributed by atoms with Crippen molar-refractivity contribution in [3.63, 3.8) is 0 Å². The number of carbonyl (C=O) groups excluding carboxylic acids is 2.